The van der Waals surface area contributed by atoms with Gasteiger partial charge in [-0.05, 0) is 30.8 Å². The molecule has 1 N–H and O–H groups in total. The standard InChI is InChI=1S/C24H30O6Si.C21H24O4Si/c1-5-16-28-23(27)18-19(17-22(25)26)29-30-31(24(2,3)4,20-12-8-6-9-13-20)21-14-10-7-11-15-21;1-21(2,3)26(17-10-6-4-7-11-17,18-12-8-5-9-13-18)25-16-14-19(22)24-20(23)15-16/h5-15,19H,1,16-18H2,2-4H3,(H,25,26);4-13,16H,14-15H2,1-3H3/t19-;/m1./s1. The number of hydrogen-bond acceptors (Lipinski definition) is 9. The summed E-state index contributed by atoms with van der Waals surface area (Å²) in [6.07, 6.45) is -0.415. The Morgan fingerprint density at radius 1 is 0.702 bits per heavy atom. The summed E-state index contributed by atoms with van der Waals surface area (Å²) in [7, 11) is -5.78. The van der Waals surface area contributed by atoms with Crippen molar-refractivity contribution in [1.82, 2.24) is 0 Å². The van der Waals surface area contributed by atoms with Crippen molar-refractivity contribution in [1.29, 1.82) is 0 Å². The van der Waals surface area contributed by atoms with Gasteiger partial charge in [-0.25, -0.2) is 4.89 Å². The van der Waals surface area contributed by atoms with Crippen LogP contribution in [0, 0.1) is 0 Å². The first-order valence-corrected chi connectivity index (χ1v) is 22.8. The molecule has 5 rings (SSSR count). The van der Waals surface area contributed by atoms with Crippen LogP contribution in [0.5, 0.6) is 0 Å². The monoisotopic (exact) mass is 810 g/mol. The van der Waals surface area contributed by atoms with E-state index in [1.807, 2.05) is 97.1 Å². The van der Waals surface area contributed by atoms with Crippen molar-refractivity contribution in [3.8, 4) is 0 Å². The molecule has 0 aliphatic carbocycles. The molecule has 0 bridgehead atoms. The highest BCUT2D eigenvalue weighted by Crippen LogP contribution is 2.39. The Hall–Kier alpha value is -4.99. The number of hydrogen-bond donors (Lipinski definition) is 1. The number of ether oxygens (including phenoxy) is 2. The van der Waals surface area contributed by atoms with Crippen LogP contribution in [0.25, 0.3) is 0 Å². The maximum absolute atomic E-state index is 12.1. The smallest absolute Gasteiger partial charge is 0.316 e. The molecule has 1 fully saturated rings. The van der Waals surface area contributed by atoms with Gasteiger partial charge in [0, 0.05) is 0 Å². The lowest BCUT2D eigenvalue weighted by atomic mass is 10.1. The van der Waals surface area contributed by atoms with Crippen molar-refractivity contribution in [2.75, 3.05) is 6.61 Å². The summed E-state index contributed by atoms with van der Waals surface area (Å²) in [6, 6.07) is 40.0. The first kappa shape index (κ1) is 44.7. The highest BCUT2D eigenvalue weighted by atomic mass is 28.4. The Bertz CT molecular complexity index is 1830. The Labute approximate surface area is 338 Å². The molecule has 1 saturated heterocycles. The molecule has 0 saturated carbocycles. The molecule has 1 aliphatic rings. The van der Waals surface area contributed by atoms with E-state index >= 15 is 0 Å². The zero-order chi connectivity index (χ0) is 41.7. The maximum atomic E-state index is 12.1. The van der Waals surface area contributed by atoms with Gasteiger partial charge in [0.05, 0.1) is 31.8 Å². The summed E-state index contributed by atoms with van der Waals surface area (Å²) < 4.78 is 22.7. The topological polar surface area (TPSA) is 135 Å². The summed E-state index contributed by atoms with van der Waals surface area (Å²) in [6.45, 7) is 16.3. The average Bonchev–Trinajstić information content (AvgIpc) is 3.16. The van der Waals surface area contributed by atoms with Gasteiger partial charge < -0.3 is 19.0 Å². The van der Waals surface area contributed by atoms with Crippen LogP contribution < -0.4 is 20.7 Å². The third kappa shape index (κ3) is 11.3. The number of rotatable bonds is 15. The second kappa shape index (κ2) is 19.9. The number of esters is 3. The van der Waals surface area contributed by atoms with Gasteiger partial charge in [0.15, 0.2) is 0 Å². The predicted octanol–water partition coefficient (Wildman–Crippen LogP) is 6.25. The highest BCUT2D eigenvalue weighted by molar-refractivity contribution is 7.00. The quantitative estimate of drug-likeness (QED) is 0.0367. The molecule has 302 valence electrons. The minimum atomic E-state index is -3.02. The number of carbonyl (C=O) groups excluding carboxylic acids is 3. The second-order valence-electron chi connectivity index (χ2n) is 15.9. The van der Waals surface area contributed by atoms with Gasteiger partial charge in [-0.15, -0.1) is 0 Å². The SMILES string of the molecule is C=CCOC(=O)C[C@@H](CC(=O)O)OO[Si](c1ccccc1)(c1ccccc1)C(C)(C)C.CC(C)(C)[Si](OC1CC(=O)OC(=O)C1)(c1ccccc1)c1ccccc1. The predicted molar refractivity (Wildman–Crippen MR) is 224 cm³/mol. The van der Waals surface area contributed by atoms with Crippen LogP contribution in [-0.4, -0.2) is 64.4 Å². The maximum Gasteiger partial charge on any atom is 0.316 e. The zero-order valence-corrected chi connectivity index (χ0v) is 35.6. The van der Waals surface area contributed by atoms with Gasteiger partial charge >= 0.3 is 32.2 Å². The van der Waals surface area contributed by atoms with Crippen molar-refractivity contribution >= 4 is 61.3 Å². The fourth-order valence-corrected chi connectivity index (χ4v) is 15.9. The van der Waals surface area contributed by atoms with E-state index in [0.717, 1.165) is 20.7 Å². The average molecular weight is 811 g/mol. The number of carboxylic acids is 1. The molecule has 0 radical (unpaired) electrons. The van der Waals surface area contributed by atoms with Gasteiger partial charge in [-0.3, -0.25) is 23.8 Å². The zero-order valence-electron chi connectivity index (χ0n) is 33.6. The van der Waals surface area contributed by atoms with Crippen LogP contribution in [0.2, 0.25) is 10.1 Å². The molecule has 10 nitrogen and oxygen atoms in total. The van der Waals surface area contributed by atoms with Crippen molar-refractivity contribution in [2.45, 2.75) is 89.5 Å². The van der Waals surface area contributed by atoms with E-state index in [2.05, 4.69) is 77.1 Å². The second-order valence-corrected chi connectivity index (χ2v) is 24.3. The lowest BCUT2D eigenvalue weighted by Crippen LogP contribution is -2.68. The first-order chi connectivity index (χ1) is 27.0. The van der Waals surface area contributed by atoms with Crippen LogP contribution in [0.1, 0.15) is 67.2 Å². The number of aliphatic carboxylic acids is 1. The molecule has 0 unspecified atom stereocenters. The van der Waals surface area contributed by atoms with Crippen molar-refractivity contribution < 1.29 is 47.6 Å². The molecule has 4 aromatic carbocycles. The van der Waals surface area contributed by atoms with Crippen LogP contribution in [-0.2, 0) is 42.5 Å². The van der Waals surface area contributed by atoms with Crippen LogP contribution >= 0.6 is 0 Å². The molecular weight excluding hydrogens is 757 g/mol. The molecule has 57 heavy (non-hydrogen) atoms. The number of cyclic esters (lactones) is 2. The Kier molecular flexibility index (Phi) is 15.6. The molecule has 0 amide bonds. The summed E-state index contributed by atoms with van der Waals surface area (Å²) in [5.41, 5.74) is 0. The largest absolute Gasteiger partial charge is 0.481 e. The summed E-state index contributed by atoms with van der Waals surface area (Å²) in [5, 5.41) is 13.0. The van der Waals surface area contributed by atoms with E-state index in [9.17, 15) is 24.3 Å². The van der Waals surface area contributed by atoms with E-state index < -0.39 is 52.7 Å². The van der Waals surface area contributed by atoms with E-state index in [0.29, 0.717) is 0 Å². The highest BCUT2D eigenvalue weighted by Gasteiger charge is 2.53. The van der Waals surface area contributed by atoms with Crippen molar-refractivity contribution in [3.05, 3.63) is 134 Å². The summed E-state index contributed by atoms with van der Waals surface area (Å²) in [4.78, 5) is 52.8. The van der Waals surface area contributed by atoms with Gasteiger partial charge in [-0.1, -0.05) is 176 Å². The first-order valence-electron chi connectivity index (χ1n) is 19.0. The normalized spacial score (nSPS) is 14.4. The lowest BCUT2D eigenvalue weighted by molar-refractivity contribution is -0.258. The molecule has 0 aromatic heterocycles. The van der Waals surface area contributed by atoms with Crippen molar-refractivity contribution in [3.63, 3.8) is 0 Å². The fourth-order valence-electron chi connectivity index (χ4n) is 7.15. The minimum Gasteiger partial charge on any atom is -0.481 e. The van der Waals surface area contributed by atoms with Crippen LogP contribution in [0.15, 0.2) is 134 Å². The third-order valence-corrected chi connectivity index (χ3v) is 19.5. The van der Waals surface area contributed by atoms with E-state index in [1.165, 1.54) is 6.08 Å². The molecule has 12 heteroatoms. The lowest BCUT2D eigenvalue weighted by Gasteiger charge is -2.45. The number of carboxylic acid groups (broad SMARTS) is 1. The Morgan fingerprint density at radius 2 is 1.09 bits per heavy atom. The Morgan fingerprint density at radius 3 is 1.44 bits per heavy atom. The fraction of sp³-hybridized carbons (Fsp3) is 0.333. The number of benzene rings is 4. The van der Waals surface area contributed by atoms with E-state index in [-0.39, 0.29) is 42.4 Å². The van der Waals surface area contributed by atoms with Gasteiger partial charge in [0.2, 0.25) is 0 Å². The molecule has 1 atom stereocenters. The number of carbonyl (C=O) groups is 4. The molecule has 4 aromatic rings. The minimum absolute atomic E-state index is 0.0498. The van der Waals surface area contributed by atoms with Crippen LogP contribution in [0.4, 0.5) is 0 Å². The molecule has 1 heterocycles. The van der Waals surface area contributed by atoms with Gasteiger partial charge in [0.25, 0.3) is 8.32 Å². The summed E-state index contributed by atoms with van der Waals surface area (Å²) >= 11 is 0. The Balaban J connectivity index is 0.000000256. The van der Waals surface area contributed by atoms with Crippen molar-refractivity contribution in [2.24, 2.45) is 0 Å². The van der Waals surface area contributed by atoms with E-state index in [1.54, 1.807) is 0 Å². The van der Waals surface area contributed by atoms with Gasteiger partial charge in [-0.2, -0.15) is 0 Å². The third-order valence-electron chi connectivity index (χ3n) is 9.66. The molecule has 1 aliphatic heterocycles. The van der Waals surface area contributed by atoms with E-state index in [4.69, 9.17) is 18.6 Å². The molecule has 0 spiro atoms. The molecular formula is C45H54O10Si2. The van der Waals surface area contributed by atoms with Gasteiger partial charge in [0.1, 0.15) is 12.7 Å². The van der Waals surface area contributed by atoms with Crippen LogP contribution in [0.3, 0.4) is 0 Å². The summed E-state index contributed by atoms with van der Waals surface area (Å²) in [5.74, 6) is -2.68.